The molecule has 1 saturated carbocycles. The number of fused-ring (bicyclic) bond motifs is 1. The van der Waals surface area contributed by atoms with Crippen LogP contribution in [0.3, 0.4) is 0 Å². The molecule has 0 unspecified atom stereocenters. The highest BCUT2D eigenvalue weighted by atomic mass is 14.6. The maximum absolute atomic E-state index is 2.58. The summed E-state index contributed by atoms with van der Waals surface area (Å²) in [5.41, 5.74) is 5.28. The summed E-state index contributed by atoms with van der Waals surface area (Å²) >= 11 is 0. The fourth-order valence-electron chi connectivity index (χ4n) is 3.74. The first-order chi connectivity index (χ1) is 9.41. The van der Waals surface area contributed by atoms with Crippen LogP contribution in [-0.4, -0.2) is 0 Å². The molecule has 0 spiro atoms. The molecule has 0 amide bonds. The number of hydrogen-bond acceptors (Lipinski definition) is 0. The average molecular weight is 272 g/mol. The quantitative estimate of drug-likeness (QED) is 0.444. The summed E-state index contributed by atoms with van der Waals surface area (Å²) in [5, 5.41) is 0. The summed E-state index contributed by atoms with van der Waals surface area (Å²) in [6.45, 7) is 11.8. The van der Waals surface area contributed by atoms with Crippen molar-refractivity contribution in [1.29, 1.82) is 0 Å². The van der Waals surface area contributed by atoms with Crippen molar-refractivity contribution in [3.8, 4) is 0 Å². The SMILES string of the molecule is C/C1=C\CC/C(C)=C/[C@H]2[C@@H](CC/C(C)=C/CC1)C2(C)C. The van der Waals surface area contributed by atoms with Crippen LogP contribution < -0.4 is 0 Å². The molecule has 0 bridgehead atoms. The van der Waals surface area contributed by atoms with E-state index in [1.165, 1.54) is 38.5 Å². The number of allylic oxidation sites excluding steroid dienone is 6. The molecule has 0 heteroatoms. The van der Waals surface area contributed by atoms with E-state index in [1.807, 2.05) is 0 Å². The predicted molar refractivity (Wildman–Crippen MR) is 89.7 cm³/mol. The van der Waals surface area contributed by atoms with E-state index in [0.717, 1.165) is 11.8 Å². The van der Waals surface area contributed by atoms with Gasteiger partial charge >= 0.3 is 0 Å². The third-order valence-corrected chi connectivity index (χ3v) is 5.52. The molecular weight excluding hydrogens is 240 g/mol. The first-order valence-corrected chi connectivity index (χ1v) is 8.40. The zero-order chi connectivity index (χ0) is 14.8. The lowest BCUT2D eigenvalue weighted by Crippen LogP contribution is -1.91. The highest BCUT2D eigenvalue weighted by molar-refractivity contribution is 5.19. The molecule has 20 heavy (non-hydrogen) atoms. The Kier molecular flexibility index (Phi) is 4.94. The van der Waals surface area contributed by atoms with Crippen molar-refractivity contribution in [2.75, 3.05) is 0 Å². The second-order valence-corrected chi connectivity index (χ2v) is 7.68. The van der Waals surface area contributed by atoms with Crippen LogP contribution in [0.5, 0.6) is 0 Å². The van der Waals surface area contributed by atoms with Crippen molar-refractivity contribution in [3.63, 3.8) is 0 Å². The zero-order valence-corrected chi connectivity index (χ0v) is 14.1. The minimum atomic E-state index is 0.535. The minimum Gasteiger partial charge on any atom is -0.0853 e. The van der Waals surface area contributed by atoms with E-state index < -0.39 is 0 Å². The summed E-state index contributed by atoms with van der Waals surface area (Å²) in [7, 11) is 0. The largest absolute Gasteiger partial charge is 0.0853 e. The predicted octanol–water partition coefficient (Wildman–Crippen LogP) is 6.45. The molecule has 0 N–H and O–H groups in total. The van der Waals surface area contributed by atoms with E-state index in [4.69, 9.17) is 0 Å². The van der Waals surface area contributed by atoms with Gasteiger partial charge in [-0.15, -0.1) is 0 Å². The number of hydrogen-bond donors (Lipinski definition) is 0. The molecule has 112 valence electrons. The van der Waals surface area contributed by atoms with Gasteiger partial charge in [0.05, 0.1) is 0 Å². The van der Waals surface area contributed by atoms with E-state index in [1.54, 1.807) is 16.7 Å². The van der Waals surface area contributed by atoms with Gasteiger partial charge in [-0.05, 0) is 76.5 Å². The summed E-state index contributed by atoms with van der Waals surface area (Å²) < 4.78 is 0. The second kappa shape index (κ2) is 6.33. The Bertz CT molecular complexity index is 431. The molecule has 2 aliphatic carbocycles. The van der Waals surface area contributed by atoms with Gasteiger partial charge in [0.25, 0.3) is 0 Å². The normalized spacial score (nSPS) is 39.1. The van der Waals surface area contributed by atoms with Crippen molar-refractivity contribution in [1.82, 2.24) is 0 Å². The molecule has 0 aromatic carbocycles. The van der Waals surface area contributed by atoms with Crippen LogP contribution in [0.4, 0.5) is 0 Å². The number of rotatable bonds is 0. The van der Waals surface area contributed by atoms with Gasteiger partial charge in [0.1, 0.15) is 0 Å². The third kappa shape index (κ3) is 3.87. The van der Waals surface area contributed by atoms with E-state index in [9.17, 15) is 0 Å². The fraction of sp³-hybridized carbons (Fsp3) is 0.700. The smallest absolute Gasteiger partial charge is 0.0143 e. The van der Waals surface area contributed by atoms with E-state index in [-0.39, 0.29) is 0 Å². The second-order valence-electron chi connectivity index (χ2n) is 7.68. The van der Waals surface area contributed by atoms with Gasteiger partial charge in [-0.2, -0.15) is 0 Å². The Morgan fingerprint density at radius 3 is 2.05 bits per heavy atom. The molecule has 0 saturated heterocycles. The van der Waals surface area contributed by atoms with Crippen molar-refractivity contribution < 1.29 is 0 Å². The Balaban J connectivity index is 2.09. The topological polar surface area (TPSA) is 0 Å². The highest BCUT2D eigenvalue weighted by Crippen LogP contribution is 2.61. The minimum absolute atomic E-state index is 0.535. The van der Waals surface area contributed by atoms with Gasteiger partial charge in [0.15, 0.2) is 0 Å². The summed E-state index contributed by atoms with van der Waals surface area (Å²) in [5.74, 6) is 1.73. The zero-order valence-electron chi connectivity index (χ0n) is 14.1. The lowest BCUT2D eigenvalue weighted by molar-refractivity contribution is 0.528. The van der Waals surface area contributed by atoms with Crippen LogP contribution in [0, 0.1) is 17.3 Å². The molecule has 2 aliphatic rings. The maximum Gasteiger partial charge on any atom is -0.0143 e. The average Bonchev–Trinajstić information content (AvgIpc) is 2.86. The van der Waals surface area contributed by atoms with Crippen LogP contribution >= 0.6 is 0 Å². The molecule has 0 aromatic heterocycles. The molecule has 0 heterocycles. The van der Waals surface area contributed by atoms with Crippen LogP contribution in [-0.2, 0) is 0 Å². The lowest BCUT2D eigenvalue weighted by Gasteiger charge is -2.05. The highest BCUT2D eigenvalue weighted by Gasteiger charge is 2.55. The van der Waals surface area contributed by atoms with Gasteiger partial charge in [-0.3, -0.25) is 0 Å². The van der Waals surface area contributed by atoms with Crippen molar-refractivity contribution in [2.45, 2.75) is 73.1 Å². The van der Waals surface area contributed by atoms with Crippen LogP contribution in [0.15, 0.2) is 34.9 Å². The third-order valence-electron chi connectivity index (χ3n) is 5.52. The van der Waals surface area contributed by atoms with Gasteiger partial charge in [-0.25, -0.2) is 0 Å². The van der Waals surface area contributed by atoms with Gasteiger partial charge in [-0.1, -0.05) is 48.8 Å². The molecule has 0 aliphatic heterocycles. The molecule has 2 atom stereocenters. The molecule has 0 aromatic rings. The maximum atomic E-state index is 2.58. The summed E-state index contributed by atoms with van der Waals surface area (Å²) in [6.07, 6.45) is 15.1. The van der Waals surface area contributed by atoms with Crippen LogP contribution in [0.2, 0.25) is 0 Å². The Hall–Kier alpha value is -0.780. The lowest BCUT2D eigenvalue weighted by atomic mass is 10.0. The van der Waals surface area contributed by atoms with E-state index in [0.29, 0.717) is 5.41 Å². The van der Waals surface area contributed by atoms with Gasteiger partial charge in [0.2, 0.25) is 0 Å². The Morgan fingerprint density at radius 1 is 0.850 bits per heavy atom. The van der Waals surface area contributed by atoms with E-state index >= 15 is 0 Å². The van der Waals surface area contributed by atoms with Crippen molar-refractivity contribution in [3.05, 3.63) is 34.9 Å². The fourth-order valence-corrected chi connectivity index (χ4v) is 3.74. The Labute approximate surface area is 126 Å². The molecular formula is C20H32. The molecule has 2 rings (SSSR count). The molecule has 0 nitrogen and oxygen atoms in total. The first-order valence-electron chi connectivity index (χ1n) is 8.40. The molecule has 1 fully saturated rings. The van der Waals surface area contributed by atoms with Gasteiger partial charge in [0, 0.05) is 0 Å². The molecule has 0 radical (unpaired) electrons. The summed E-state index contributed by atoms with van der Waals surface area (Å²) in [4.78, 5) is 0. The van der Waals surface area contributed by atoms with Gasteiger partial charge < -0.3 is 0 Å². The standard InChI is InChI=1S/C20H32/c1-15-8-6-10-16(2)12-13-18-19(20(18,4)5)14-17(3)11-7-9-15/h9-10,14,18-19H,6-8,11-13H2,1-5H3/b15-9+,16-10+,17-14+/t18-,19+/m1/s1. The monoisotopic (exact) mass is 272 g/mol. The van der Waals surface area contributed by atoms with Crippen molar-refractivity contribution in [2.24, 2.45) is 17.3 Å². The van der Waals surface area contributed by atoms with Crippen LogP contribution in [0.1, 0.15) is 73.1 Å². The van der Waals surface area contributed by atoms with Crippen LogP contribution in [0.25, 0.3) is 0 Å². The Morgan fingerprint density at radius 2 is 1.40 bits per heavy atom. The summed E-state index contributed by atoms with van der Waals surface area (Å²) in [6, 6.07) is 0. The first kappa shape index (κ1) is 15.6. The van der Waals surface area contributed by atoms with E-state index in [2.05, 4.69) is 52.8 Å². The van der Waals surface area contributed by atoms with Crippen molar-refractivity contribution >= 4 is 0 Å².